The molecule has 0 fully saturated rings. The van der Waals surface area contributed by atoms with Crippen LogP contribution in [0.1, 0.15) is 17.3 Å². The van der Waals surface area contributed by atoms with Crippen LogP contribution in [0.3, 0.4) is 0 Å². The van der Waals surface area contributed by atoms with Gasteiger partial charge in [0.15, 0.2) is 12.4 Å². The molecule has 0 unspecified atom stereocenters. The Hall–Kier alpha value is -1.88. The Balaban J connectivity index is 1.96. The Bertz CT molecular complexity index is 626. The van der Waals surface area contributed by atoms with Gasteiger partial charge in [-0.15, -0.1) is 0 Å². The summed E-state index contributed by atoms with van der Waals surface area (Å²) in [5.41, 5.74) is 0.524. The molecule has 0 N–H and O–H groups in total. The minimum Gasteiger partial charge on any atom is -0.494 e. The average Bonchev–Trinajstić information content (AvgIpc) is 2.49. The van der Waals surface area contributed by atoms with Crippen LogP contribution < -0.4 is 9.47 Å². The smallest absolute Gasteiger partial charge is 0.200 e. The molecule has 0 aromatic heterocycles. The van der Waals surface area contributed by atoms with Crippen molar-refractivity contribution in [3.8, 4) is 11.5 Å². The van der Waals surface area contributed by atoms with E-state index in [0.717, 1.165) is 0 Å². The summed E-state index contributed by atoms with van der Waals surface area (Å²) >= 11 is 3.06. The highest BCUT2D eigenvalue weighted by Gasteiger charge is 2.08. The van der Waals surface area contributed by atoms with Crippen LogP contribution >= 0.6 is 15.9 Å². The predicted molar refractivity (Wildman–Crippen MR) is 81.5 cm³/mol. The highest BCUT2D eigenvalue weighted by atomic mass is 79.9. The summed E-state index contributed by atoms with van der Waals surface area (Å²) in [4.78, 5) is 12.0. The third-order valence-corrected chi connectivity index (χ3v) is 3.39. The fraction of sp³-hybridized carbons (Fsp3) is 0.188. The molecule has 0 atom stereocenters. The standard InChI is InChI=1S/C16H14BrFO3/c1-2-20-12-5-3-11(4-6-12)16(19)10-21-13-7-8-14(17)15(18)9-13/h3-9H,2,10H2,1H3. The molecule has 110 valence electrons. The van der Waals surface area contributed by atoms with Crippen LogP contribution in [-0.2, 0) is 0 Å². The van der Waals surface area contributed by atoms with E-state index in [0.29, 0.717) is 28.1 Å². The SMILES string of the molecule is CCOc1ccc(C(=O)COc2ccc(Br)c(F)c2)cc1. The lowest BCUT2D eigenvalue weighted by atomic mass is 10.1. The van der Waals surface area contributed by atoms with E-state index in [2.05, 4.69) is 15.9 Å². The van der Waals surface area contributed by atoms with Crippen molar-refractivity contribution in [3.05, 3.63) is 58.3 Å². The van der Waals surface area contributed by atoms with Crippen LogP contribution in [0.15, 0.2) is 46.9 Å². The largest absolute Gasteiger partial charge is 0.494 e. The zero-order valence-corrected chi connectivity index (χ0v) is 13.0. The van der Waals surface area contributed by atoms with Crippen molar-refractivity contribution in [2.75, 3.05) is 13.2 Å². The Morgan fingerprint density at radius 3 is 2.38 bits per heavy atom. The molecule has 0 saturated carbocycles. The number of benzene rings is 2. The molecule has 2 aromatic carbocycles. The van der Waals surface area contributed by atoms with E-state index in [-0.39, 0.29) is 12.4 Å². The predicted octanol–water partition coefficient (Wildman–Crippen LogP) is 4.25. The van der Waals surface area contributed by atoms with Gasteiger partial charge in [0, 0.05) is 11.6 Å². The summed E-state index contributed by atoms with van der Waals surface area (Å²) in [6.07, 6.45) is 0. The van der Waals surface area contributed by atoms with Crippen molar-refractivity contribution in [3.63, 3.8) is 0 Å². The van der Waals surface area contributed by atoms with E-state index >= 15 is 0 Å². The number of Topliss-reactive ketones (excluding diaryl/α,β-unsaturated/α-hetero) is 1. The zero-order chi connectivity index (χ0) is 15.2. The molecule has 2 aromatic rings. The van der Waals surface area contributed by atoms with Crippen molar-refractivity contribution in [1.82, 2.24) is 0 Å². The quantitative estimate of drug-likeness (QED) is 0.729. The summed E-state index contributed by atoms with van der Waals surface area (Å²) in [5.74, 6) is 0.419. The summed E-state index contributed by atoms with van der Waals surface area (Å²) in [6.45, 7) is 2.32. The van der Waals surface area contributed by atoms with Gasteiger partial charge in [-0.25, -0.2) is 4.39 Å². The monoisotopic (exact) mass is 352 g/mol. The second-order valence-electron chi connectivity index (χ2n) is 4.25. The second kappa shape index (κ2) is 7.22. The zero-order valence-electron chi connectivity index (χ0n) is 11.4. The molecular weight excluding hydrogens is 339 g/mol. The van der Waals surface area contributed by atoms with E-state index in [4.69, 9.17) is 9.47 Å². The number of halogens is 2. The summed E-state index contributed by atoms with van der Waals surface area (Å²) in [6, 6.07) is 11.2. The molecule has 3 nitrogen and oxygen atoms in total. The molecule has 2 rings (SSSR count). The van der Waals surface area contributed by atoms with Crippen LogP contribution in [0, 0.1) is 5.82 Å². The number of ketones is 1. The first-order valence-corrected chi connectivity index (χ1v) is 7.23. The fourth-order valence-corrected chi connectivity index (χ4v) is 1.95. The number of ether oxygens (including phenoxy) is 2. The van der Waals surface area contributed by atoms with Gasteiger partial charge in [0.25, 0.3) is 0 Å². The first-order chi connectivity index (χ1) is 10.1. The van der Waals surface area contributed by atoms with Crippen molar-refractivity contribution in [2.24, 2.45) is 0 Å². The van der Waals surface area contributed by atoms with Gasteiger partial charge in [0.1, 0.15) is 17.3 Å². The minimum absolute atomic E-state index is 0.144. The highest BCUT2D eigenvalue weighted by Crippen LogP contribution is 2.21. The summed E-state index contributed by atoms with van der Waals surface area (Å²) in [7, 11) is 0. The third kappa shape index (κ3) is 4.29. The fourth-order valence-electron chi connectivity index (χ4n) is 1.70. The van der Waals surface area contributed by atoms with E-state index < -0.39 is 5.82 Å². The first kappa shape index (κ1) is 15.5. The second-order valence-corrected chi connectivity index (χ2v) is 5.10. The molecule has 0 bridgehead atoms. The lowest BCUT2D eigenvalue weighted by molar-refractivity contribution is 0.0921. The Morgan fingerprint density at radius 2 is 1.76 bits per heavy atom. The van der Waals surface area contributed by atoms with Crippen LogP contribution in [0.4, 0.5) is 4.39 Å². The van der Waals surface area contributed by atoms with E-state index in [1.165, 1.54) is 12.1 Å². The average molecular weight is 353 g/mol. The van der Waals surface area contributed by atoms with Gasteiger partial charge in [-0.3, -0.25) is 4.79 Å². The highest BCUT2D eigenvalue weighted by molar-refractivity contribution is 9.10. The molecule has 0 aliphatic rings. The molecular formula is C16H14BrFO3. The van der Waals surface area contributed by atoms with Gasteiger partial charge < -0.3 is 9.47 Å². The Kier molecular flexibility index (Phi) is 5.33. The number of hydrogen-bond acceptors (Lipinski definition) is 3. The molecule has 21 heavy (non-hydrogen) atoms. The molecule has 0 spiro atoms. The van der Waals surface area contributed by atoms with Crippen LogP contribution in [0.2, 0.25) is 0 Å². The van der Waals surface area contributed by atoms with Crippen molar-refractivity contribution in [1.29, 1.82) is 0 Å². The lowest BCUT2D eigenvalue weighted by Gasteiger charge is -2.07. The normalized spacial score (nSPS) is 10.2. The van der Waals surface area contributed by atoms with E-state index in [1.54, 1.807) is 30.3 Å². The van der Waals surface area contributed by atoms with Gasteiger partial charge in [-0.2, -0.15) is 0 Å². The molecule has 0 aliphatic heterocycles. The van der Waals surface area contributed by atoms with Crippen molar-refractivity contribution in [2.45, 2.75) is 6.92 Å². The maximum atomic E-state index is 13.3. The van der Waals surface area contributed by atoms with Crippen LogP contribution in [0.25, 0.3) is 0 Å². The minimum atomic E-state index is -0.430. The molecule has 5 heteroatoms. The summed E-state index contributed by atoms with van der Waals surface area (Å²) < 4.78 is 24.3. The van der Waals surface area contributed by atoms with Crippen molar-refractivity contribution < 1.29 is 18.7 Å². The van der Waals surface area contributed by atoms with Gasteiger partial charge in [0.2, 0.25) is 0 Å². The maximum absolute atomic E-state index is 13.3. The molecule has 0 heterocycles. The van der Waals surface area contributed by atoms with Gasteiger partial charge in [-0.1, -0.05) is 0 Å². The lowest BCUT2D eigenvalue weighted by Crippen LogP contribution is -2.11. The van der Waals surface area contributed by atoms with Crippen LogP contribution in [-0.4, -0.2) is 19.0 Å². The van der Waals surface area contributed by atoms with Gasteiger partial charge >= 0.3 is 0 Å². The maximum Gasteiger partial charge on any atom is 0.200 e. The molecule has 0 aliphatic carbocycles. The topological polar surface area (TPSA) is 35.5 Å². The number of hydrogen-bond donors (Lipinski definition) is 0. The van der Waals surface area contributed by atoms with Crippen molar-refractivity contribution >= 4 is 21.7 Å². The van der Waals surface area contributed by atoms with Crippen LogP contribution in [0.5, 0.6) is 11.5 Å². The van der Waals surface area contributed by atoms with Gasteiger partial charge in [0.05, 0.1) is 11.1 Å². The molecule has 0 saturated heterocycles. The summed E-state index contributed by atoms with van der Waals surface area (Å²) in [5, 5.41) is 0. The first-order valence-electron chi connectivity index (χ1n) is 6.44. The van der Waals surface area contributed by atoms with Gasteiger partial charge in [-0.05, 0) is 59.3 Å². The van der Waals surface area contributed by atoms with E-state index in [9.17, 15) is 9.18 Å². The molecule has 0 radical (unpaired) electrons. The number of carbonyl (C=O) groups is 1. The number of carbonyl (C=O) groups excluding carboxylic acids is 1. The van der Waals surface area contributed by atoms with E-state index in [1.807, 2.05) is 6.92 Å². The Morgan fingerprint density at radius 1 is 1.10 bits per heavy atom. The third-order valence-electron chi connectivity index (χ3n) is 2.75. The Labute approximate surface area is 130 Å². The number of rotatable bonds is 6. The molecule has 0 amide bonds.